The Morgan fingerprint density at radius 2 is 1.89 bits per heavy atom. The average molecular weight is 250 g/mol. The van der Waals surface area contributed by atoms with E-state index in [9.17, 15) is 4.79 Å². The fourth-order valence-electron chi connectivity index (χ4n) is 1.42. The standard InChI is InChI=1S/C16H26O2/c1-6-9-10-14(7-2)11-15(8-3)12-18-16(17)13(4)5/h10-11H,4,6-9,12H2,1-3,5H3. The topological polar surface area (TPSA) is 26.3 Å². The highest BCUT2D eigenvalue weighted by molar-refractivity contribution is 5.87. The summed E-state index contributed by atoms with van der Waals surface area (Å²) < 4.78 is 5.17. The molecule has 0 saturated carbocycles. The zero-order valence-electron chi connectivity index (χ0n) is 12.2. The molecule has 0 rings (SSSR count). The summed E-state index contributed by atoms with van der Waals surface area (Å²) in [5.74, 6) is -0.315. The van der Waals surface area contributed by atoms with Crippen LogP contribution in [-0.2, 0) is 9.53 Å². The second-order valence-electron chi connectivity index (χ2n) is 4.43. The highest BCUT2D eigenvalue weighted by Crippen LogP contribution is 2.12. The van der Waals surface area contributed by atoms with Crippen LogP contribution in [-0.4, -0.2) is 12.6 Å². The highest BCUT2D eigenvalue weighted by atomic mass is 16.5. The smallest absolute Gasteiger partial charge is 0.333 e. The fraction of sp³-hybridized carbons (Fsp3) is 0.562. The van der Waals surface area contributed by atoms with E-state index in [-0.39, 0.29) is 5.97 Å². The van der Waals surface area contributed by atoms with E-state index < -0.39 is 0 Å². The molecule has 0 amide bonds. The zero-order valence-corrected chi connectivity index (χ0v) is 12.2. The second-order valence-corrected chi connectivity index (χ2v) is 4.43. The van der Waals surface area contributed by atoms with Gasteiger partial charge in [0.1, 0.15) is 6.61 Å². The Bertz CT molecular complexity index is 335. The lowest BCUT2D eigenvalue weighted by atomic mass is 10.1. The molecule has 2 nitrogen and oxygen atoms in total. The van der Waals surface area contributed by atoms with Gasteiger partial charge < -0.3 is 4.74 Å². The van der Waals surface area contributed by atoms with E-state index in [2.05, 4.69) is 39.5 Å². The van der Waals surface area contributed by atoms with Crippen molar-refractivity contribution < 1.29 is 9.53 Å². The van der Waals surface area contributed by atoms with Crippen LogP contribution in [0, 0.1) is 0 Å². The number of ether oxygens (including phenoxy) is 1. The molecule has 0 aromatic rings. The van der Waals surface area contributed by atoms with E-state index in [1.54, 1.807) is 6.92 Å². The van der Waals surface area contributed by atoms with Crippen molar-refractivity contribution in [2.45, 2.75) is 53.4 Å². The number of unbranched alkanes of at least 4 members (excludes halogenated alkanes) is 1. The number of rotatable bonds is 8. The van der Waals surface area contributed by atoms with E-state index in [1.165, 1.54) is 5.57 Å². The summed E-state index contributed by atoms with van der Waals surface area (Å²) in [6, 6.07) is 0. The van der Waals surface area contributed by atoms with Crippen LogP contribution in [0.2, 0.25) is 0 Å². The lowest BCUT2D eigenvalue weighted by Crippen LogP contribution is -2.08. The molecule has 0 aliphatic carbocycles. The maximum absolute atomic E-state index is 11.3. The van der Waals surface area contributed by atoms with Crippen molar-refractivity contribution >= 4 is 5.97 Å². The number of carbonyl (C=O) groups is 1. The molecular weight excluding hydrogens is 224 g/mol. The molecule has 0 radical (unpaired) electrons. The number of esters is 1. The van der Waals surface area contributed by atoms with Gasteiger partial charge in [0.15, 0.2) is 0 Å². The molecule has 0 heterocycles. The Hall–Kier alpha value is -1.31. The molecule has 18 heavy (non-hydrogen) atoms. The summed E-state index contributed by atoms with van der Waals surface area (Å²) in [4.78, 5) is 11.3. The molecule has 0 N–H and O–H groups in total. The van der Waals surface area contributed by atoms with E-state index in [4.69, 9.17) is 4.74 Å². The van der Waals surface area contributed by atoms with Crippen molar-refractivity contribution in [1.29, 1.82) is 0 Å². The molecule has 0 atom stereocenters. The van der Waals surface area contributed by atoms with Gasteiger partial charge >= 0.3 is 5.97 Å². The van der Waals surface area contributed by atoms with Crippen molar-refractivity contribution in [3.8, 4) is 0 Å². The molecule has 0 fully saturated rings. The van der Waals surface area contributed by atoms with E-state index in [1.807, 2.05) is 0 Å². The Morgan fingerprint density at radius 3 is 2.33 bits per heavy atom. The van der Waals surface area contributed by atoms with Gasteiger partial charge in [-0.2, -0.15) is 0 Å². The summed E-state index contributed by atoms with van der Waals surface area (Å²) in [6.45, 7) is 12.0. The third-order valence-corrected chi connectivity index (χ3v) is 2.68. The first-order chi connectivity index (χ1) is 8.54. The number of allylic oxidation sites excluding steroid dienone is 3. The minimum atomic E-state index is -0.315. The van der Waals surface area contributed by atoms with Crippen LogP contribution >= 0.6 is 0 Å². The largest absolute Gasteiger partial charge is 0.458 e. The maximum atomic E-state index is 11.3. The lowest BCUT2D eigenvalue weighted by Gasteiger charge is -2.08. The fourth-order valence-corrected chi connectivity index (χ4v) is 1.42. The van der Waals surface area contributed by atoms with Gasteiger partial charge in [-0.25, -0.2) is 4.79 Å². The van der Waals surface area contributed by atoms with E-state index >= 15 is 0 Å². The van der Waals surface area contributed by atoms with Crippen LogP contribution in [0.15, 0.2) is 35.5 Å². The predicted octanol–water partition coefficient (Wildman–Crippen LogP) is 4.58. The summed E-state index contributed by atoms with van der Waals surface area (Å²) in [7, 11) is 0. The third kappa shape index (κ3) is 7.10. The van der Waals surface area contributed by atoms with Crippen molar-refractivity contribution in [1.82, 2.24) is 0 Å². The molecule has 0 saturated heterocycles. The predicted molar refractivity (Wildman–Crippen MR) is 77.4 cm³/mol. The molecule has 0 aromatic carbocycles. The Kier molecular flexibility index (Phi) is 8.99. The first-order valence-corrected chi connectivity index (χ1v) is 6.76. The summed E-state index contributed by atoms with van der Waals surface area (Å²) >= 11 is 0. The molecule has 0 aliphatic heterocycles. The number of carbonyl (C=O) groups excluding carboxylic acids is 1. The number of hydrogen-bond acceptors (Lipinski definition) is 2. The van der Waals surface area contributed by atoms with Gasteiger partial charge in [0.05, 0.1) is 0 Å². The van der Waals surface area contributed by atoms with Gasteiger partial charge in [-0.05, 0) is 31.8 Å². The van der Waals surface area contributed by atoms with E-state index in [0.29, 0.717) is 12.2 Å². The van der Waals surface area contributed by atoms with Gasteiger partial charge in [0, 0.05) is 5.57 Å². The third-order valence-electron chi connectivity index (χ3n) is 2.68. The molecule has 0 spiro atoms. The molecule has 0 aromatic heterocycles. The highest BCUT2D eigenvalue weighted by Gasteiger charge is 2.04. The summed E-state index contributed by atoms with van der Waals surface area (Å²) in [5, 5.41) is 0. The first-order valence-electron chi connectivity index (χ1n) is 6.76. The Labute approximate surface area is 111 Å². The average Bonchev–Trinajstić information content (AvgIpc) is 2.37. The molecule has 0 aliphatic rings. The van der Waals surface area contributed by atoms with Crippen molar-refractivity contribution in [3.63, 3.8) is 0 Å². The molecule has 2 heteroatoms. The quantitative estimate of drug-likeness (QED) is 0.358. The summed E-state index contributed by atoms with van der Waals surface area (Å²) in [6.07, 6.45) is 8.58. The van der Waals surface area contributed by atoms with Gasteiger partial charge in [0.25, 0.3) is 0 Å². The minimum absolute atomic E-state index is 0.315. The Balaban J connectivity index is 4.54. The minimum Gasteiger partial charge on any atom is -0.458 e. The normalized spacial score (nSPS) is 12.4. The van der Waals surface area contributed by atoms with Crippen LogP contribution in [0.3, 0.4) is 0 Å². The van der Waals surface area contributed by atoms with Gasteiger partial charge in [-0.15, -0.1) is 0 Å². The van der Waals surface area contributed by atoms with Crippen molar-refractivity contribution in [3.05, 3.63) is 35.5 Å². The van der Waals surface area contributed by atoms with Gasteiger partial charge in [-0.3, -0.25) is 0 Å². The van der Waals surface area contributed by atoms with Crippen molar-refractivity contribution in [2.75, 3.05) is 6.61 Å². The maximum Gasteiger partial charge on any atom is 0.333 e. The Morgan fingerprint density at radius 1 is 1.22 bits per heavy atom. The van der Waals surface area contributed by atoms with Crippen LogP contribution < -0.4 is 0 Å². The van der Waals surface area contributed by atoms with Crippen LogP contribution in [0.25, 0.3) is 0 Å². The molecule has 0 unspecified atom stereocenters. The van der Waals surface area contributed by atoms with Gasteiger partial charge in [-0.1, -0.05) is 51.5 Å². The molecular formula is C16H26O2. The monoisotopic (exact) mass is 250 g/mol. The second kappa shape index (κ2) is 9.69. The van der Waals surface area contributed by atoms with Crippen LogP contribution in [0.1, 0.15) is 53.4 Å². The van der Waals surface area contributed by atoms with Crippen molar-refractivity contribution in [2.24, 2.45) is 0 Å². The summed E-state index contributed by atoms with van der Waals surface area (Å²) in [5.41, 5.74) is 2.91. The lowest BCUT2D eigenvalue weighted by molar-refractivity contribution is -0.138. The number of hydrogen-bond donors (Lipinski definition) is 0. The SMILES string of the molecule is C=C(C)C(=O)OCC(=CC(=CCCC)CC)CC. The zero-order chi connectivity index (χ0) is 14.0. The van der Waals surface area contributed by atoms with Crippen LogP contribution in [0.4, 0.5) is 0 Å². The van der Waals surface area contributed by atoms with Gasteiger partial charge in [0.2, 0.25) is 0 Å². The first kappa shape index (κ1) is 16.7. The molecule has 102 valence electrons. The van der Waals surface area contributed by atoms with E-state index in [0.717, 1.165) is 31.3 Å². The molecule has 0 bridgehead atoms. The van der Waals surface area contributed by atoms with Crippen LogP contribution in [0.5, 0.6) is 0 Å².